The van der Waals surface area contributed by atoms with Gasteiger partial charge in [-0.05, 0) is 48.3 Å². The van der Waals surface area contributed by atoms with Crippen molar-refractivity contribution in [3.8, 4) is 0 Å². The van der Waals surface area contributed by atoms with Gasteiger partial charge in [0.2, 0.25) is 0 Å². The predicted octanol–water partition coefficient (Wildman–Crippen LogP) is 4.95. The minimum Gasteiger partial charge on any atom is -0.459 e. The molecule has 0 aliphatic carbocycles. The number of benzene rings is 2. The van der Waals surface area contributed by atoms with Gasteiger partial charge >= 0.3 is 12.1 Å². The Bertz CT molecular complexity index is 861. The maximum atomic E-state index is 12.8. The molecule has 2 rings (SSSR count). The topological polar surface area (TPSA) is 55.4 Å². The molecule has 0 aliphatic rings. The SMILES string of the molecule is CSCCC(NC(=O)c1ccccc1Cl)C(=O)OCc1cccc(C(F)(F)F)c1. The van der Waals surface area contributed by atoms with E-state index >= 15 is 0 Å². The second kappa shape index (κ2) is 10.5. The molecule has 0 saturated carbocycles. The van der Waals surface area contributed by atoms with Crippen LogP contribution in [0.3, 0.4) is 0 Å². The van der Waals surface area contributed by atoms with Crippen molar-refractivity contribution in [1.82, 2.24) is 5.32 Å². The fraction of sp³-hybridized carbons (Fsp3) is 0.300. The molecule has 0 heterocycles. The third kappa shape index (κ3) is 6.97. The highest BCUT2D eigenvalue weighted by molar-refractivity contribution is 7.98. The van der Waals surface area contributed by atoms with Gasteiger partial charge in [-0.3, -0.25) is 4.79 Å². The minimum atomic E-state index is -4.48. The van der Waals surface area contributed by atoms with E-state index < -0.39 is 29.7 Å². The van der Waals surface area contributed by atoms with E-state index in [0.29, 0.717) is 12.2 Å². The lowest BCUT2D eigenvalue weighted by Gasteiger charge is -2.18. The lowest BCUT2D eigenvalue weighted by atomic mass is 10.1. The normalized spacial score (nSPS) is 12.3. The average molecular weight is 446 g/mol. The van der Waals surface area contributed by atoms with Crippen molar-refractivity contribution in [3.05, 3.63) is 70.2 Å². The molecule has 0 bridgehead atoms. The Balaban J connectivity index is 2.05. The summed E-state index contributed by atoms with van der Waals surface area (Å²) in [5, 5.41) is 2.83. The van der Waals surface area contributed by atoms with Gasteiger partial charge in [-0.15, -0.1) is 0 Å². The fourth-order valence-electron chi connectivity index (χ4n) is 2.46. The van der Waals surface area contributed by atoms with Crippen LogP contribution < -0.4 is 5.32 Å². The number of rotatable bonds is 8. The summed E-state index contributed by atoms with van der Waals surface area (Å²) in [6.45, 7) is -0.333. The Labute approximate surface area is 175 Å². The highest BCUT2D eigenvalue weighted by Gasteiger charge is 2.30. The van der Waals surface area contributed by atoms with Gasteiger partial charge in [-0.1, -0.05) is 35.9 Å². The Hall–Kier alpha value is -2.19. The molecule has 9 heteroatoms. The molecule has 1 unspecified atom stereocenters. The molecular formula is C20H19ClF3NO3S. The molecular weight excluding hydrogens is 427 g/mol. The van der Waals surface area contributed by atoms with Gasteiger partial charge in [0, 0.05) is 0 Å². The standard InChI is InChI=1S/C20H19ClF3NO3S/c1-29-10-9-17(25-18(26)15-7-2-3-8-16(15)21)19(27)28-12-13-5-4-6-14(11-13)20(22,23)24/h2-8,11,17H,9-10,12H2,1H3,(H,25,26). The number of alkyl halides is 3. The lowest BCUT2D eigenvalue weighted by molar-refractivity contribution is -0.147. The van der Waals surface area contributed by atoms with Crippen LogP contribution in [0.5, 0.6) is 0 Å². The number of esters is 1. The number of ether oxygens (including phenoxy) is 1. The van der Waals surface area contributed by atoms with E-state index in [2.05, 4.69) is 5.32 Å². The van der Waals surface area contributed by atoms with Crippen LogP contribution in [0.15, 0.2) is 48.5 Å². The van der Waals surface area contributed by atoms with Gasteiger partial charge in [-0.2, -0.15) is 24.9 Å². The molecule has 1 amide bonds. The summed E-state index contributed by atoms with van der Waals surface area (Å²) < 4.78 is 43.6. The van der Waals surface area contributed by atoms with Crippen LogP contribution in [0.25, 0.3) is 0 Å². The maximum Gasteiger partial charge on any atom is 0.416 e. The molecule has 0 fully saturated rings. The van der Waals surface area contributed by atoms with Gasteiger partial charge in [0.15, 0.2) is 0 Å². The fourth-order valence-corrected chi connectivity index (χ4v) is 3.15. The zero-order chi connectivity index (χ0) is 21.4. The Kier molecular flexibility index (Phi) is 8.40. The Morgan fingerprint density at radius 2 is 1.90 bits per heavy atom. The summed E-state index contributed by atoms with van der Waals surface area (Å²) in [5.74, 6) is -0.679. The summed E-state index contributed by atoms with van der Waals surface area (Å²) in [4.78, 5) is 24.9. The van der Waals surface area contributed by atoms with E-state index in [0.717, 1.165) is 12.1 Å². The summed E-state index contributed by atoms with van der Waals surface area (Å²) in [6, 6.07) is 9.99. The molecule has 1 atom stereocenters. The van der Waals surface area contributed by atoms with Gasteiger partial charge in [-0.25, -0.2) is 4.79 Å². The van der Waals surface area contributed by atoms with E-state index in [-0.39, 0.29) is 22.8 Å². The summed E-state index contributed by atoms with van der Waals surface area (Å²) >= 11 is 7.49. The molecule has 2 aromatic carbocycles. The van der Waals surface area contributed by atoms with Gasteiger partial charge < -0.3 is 10.1 Å². The van der Waals surface area contributed by atoms with Crippen LogP contribution in [-0.2, 0) is 22.3 Å². The number of hydrogen-bond acceptors (Lipinski definition) is 4. The number of carbonyl (C=O) groups is 2. The number of halogens is 4. The summed E-state index contributed by atoms with van der Waals surface area (Å²) in [7, 11) is 0. The first-order chi connectivity index (χ1) is 13.7. The van der Waals surface area contributed by atoms with Crippen molar-refractivity contribution < 1.29 is 27.5 Å². The van der Waals surface area contributed by atoms with Crippen LogP contribution in [0.2, 0.25) is 5.02 Å². The number of carbonyl (C=O) groups excluding carboxylic acids is 2. The van der Waals surface area contributed by atoms with Crippen molar-refractivity contribution in [2.45, 2.75) is 25.2 Å². The van der Waals surface area contributed by atoms with E-state index in [1.807, 2.05) is 6.26 Å². The number of nitrogens with one attached hydrogen (secondary N) is 1. The zero-order valence-electron chi connectivity index (χ0n) is 15.5. The van der Waals surface area contributed by atoms with E-state index in [9.17, 15) is 22.8 Å². The number of hydrogen-bond donors (Lipinski definition) is 1. The molecule has 0 aliphatic heterocycles. The van der Waals surface area contributed by atoms with E-state index in [1.165, 1.54) is 30.0 Å². The van der Waals surface area contributed by atoms with Crippen molar-refractivity contribution in [2.75, 3.05) is 12.0 Å². The van der Waals surface area contributed by atoms with Crippen molar-refractivity contribution in [3.63, 3.8) is 0 Å². The first-order valence-electron chi connectivity index (χ1n) is 8.59. The monoisotopic (exact) mass is 445 g/mol. The van der Waals surface area contributed by atoms with Crippen LogP contribution in [0, 0.1) is 0 Å². The van der Waals surface area contributed by atoms with Crippen LogP contribution in [0.4, 0.5) is 13.2 Å². The molecule has 0 aromatic heterocycles. The van der Waals surface area contributed by atoms with Gasteiger partial charge in [0.1, 0.15) is 12.6 Å². The highest BCUT2D eigenvalue weighted by Crippen LogP contribution is 2.29. The highest BCUT2D eigenvalue weighted by atomic mass is 35.5. The third-order valence-electron chi connectivity index (χ3n) is 3.95. The number of amides is 1. The maximum absolute atomic E-state index is 12.8. The van der Waals surface area contributed by atoms with Crippen LogP contribution >= 0.6 is 23.4 Å². The van der Waals surface area contributed by atoms with E-state index in [4.69, 9.17) is 16.3 Å². The smallest absolute Gasteiger partial charge is 0.416 e. The first kappa shape index (κ1) is 23.1. The average Bonchev–Trinajstić information content (AvgIpc) is 2.69. The van der Waals surface area contributed by atoms with Gasteiger partial charge in [0.05, 0.1) is 16.1 Å². The molecule has 4 nitrogen and oxygen atoms in total. The van der Waals surface area contributed by atoms with E-state index in [1.54, 1.807) is 18.2 Å². The molecule has 0 spiro atoms. The van der Waals surface area contributed by atoms with Crippen molar-refractivity contribution in [1.29, 1.82) is 0 Å². The zero-order valence-corrected chi connectivity index (χ0v) is 17.0. The Morgan fingerprint density at radius 1 is 1.17 bits per heavy atom. The summed E-state index contributed by atoms with van der Waals surface area (Å²) in [5.41, 5.74) is -0.403. The summed E-state index contributed by atoms with van der Waals surface area (Å²) in [6.07, 6.45) is -2.33. The lowest BCUT2D eigenvalue weighted by Crippen LogP contribution is -2.42. The predicted molar refractivity (Wildman–Crippen MR) is 107 cm³/mol. The first-order valence-corrected chi connectivity index (χ1v) is 10.4. The van der Waals surface area contributed by atoms with Crippen LogP contribution in [-0.4, -0.2) is 29.9 Å². The second-order valence-corrected chi connectivity index (χ2v) is 7.49. The minimum absolute atomic E-state index is 0.203. The second-order valence-electron chi connectivity index (χ2n) is 6.09. The van der Waals surface area contributed by atoms with Crippen LogP contribution in [0.1, 0.15) is 27.9 Å². The van der Waals surface area contributed by atoms with Gasteiger partial charge in [0.25, 0.3) is 5.91 Å². The third-order valence-corrected chi connectivity index (χ3v) is 4.93. The largest absolute Gasteiger partial charge is 0.459 e. The molecule has 29 heavy (non-hydrogen) atoms. The molecule has 156 valence electrons. The quantitative estimate of drug-likeness (QED) is 0.584. The Morgan fingerprint density at radius 3 is 2.55 bits per heavy atom. The van der Waals surface area contributed by atoms with Crippen molar-refractivity contribution in [2.24, 2.45) is 0 Å². The molecule has 2 aromatic rings. The molecule has 0 saturated heterocycles. The molecule has 1 N–H and O–H groups in total. The van der Waals surface area contributed by atoms with Crippen molar-refractivity contribution >= 4 is 35.2 Å². The number of thioether (sulfide) groups is 1. The molecule has 0 radical (unpaired) electrons.